The van der Waals surface area contributed by atoms with Gasteiger partial charge >= 0.3 is 0 Å². The molecule has 0 spiro atoms. The van der Waals surface area contributed by atoms with Gasteiger partial charge in [0.25, 0.3) is 11.5 Å². The van der Waals surface area contributed by atoms with Crippen LogP contribution < -0.4 is 15.6 Å². The van der Waals surface area contributed by atoms with Crippen LogP contribution in [0.4, 0.5) is 5.69 Å². The lowest BCUT2D eigenvalue weighted by Gasteiger charge is -2.13. The largest absolute Gasteiger partial charge is 0.457 e. The minimum Gasteiger partial charge on any atom is -0.457 e. The van der Waals surface area contributed by atoms with Crippen molar-refractivity contribution in [3.63, 3.8) is 0 Å². The standard InChI is InChI=1S/C29H20BrN5O3/c1-34-15-12-23-25(11-14-32-27(23)34)38-22-9-7-20(8-10-22)33-28(36)24-16-18-4-3-13-31-26(18)35(29(24)37)21-6-2-5-19(30)17-21/h2-17H,1H3,(H,33,36). The number of benzene rings is 2. The number of anilines is 1. The fraction of sp³-hybridized carbons (Fsp3) is 0.0345. The second-order valence-corrected chi connectivity index (χ2v) is 9.56. The van der Waals surface area contributed by atoms with Crippen LogP contribution in [0.15, 0.2) is 107 Å². The lowest BCUT2D eigenvalue weighted by atomic mass is 10.1. The number of amides is 1. The van der Waals surface area contributed by atoms with E-state index in [0.29, 0.717) is 33.9 Å². The molecule has 0 saturated heterocycles. The van der Waals surface area contributed by atoms with E-state index in [1.807, 2.05) is 54.2 Å². The molecular formula is C29H20BrN5O3. The highest BCUT2D eigenvalue weighted by Crippen LogP contribution is 2.30. The second-order valence-electron chi connectivity index (χ2n) is 8.65. The molecule has 8 nitrogen and oxygen atoms in total. The molecular weight excluding hydrogens is 546 g/mol. The minimum atomic E-state index is -0.515. The molecule has 0 aliphatic carbocycles. The number of carbonyl (C=O) groups is 1. The summed E-state index contributed by atoms with van der Waals surface area (Å²) in [5.41, 5.74) is 1.97. The Kier molecular flexibility index (Phi) is 5.97. The van der Waals surface area contributed by atoms with Gasteiger partial charge in [-0.25, -0.2) is 9.97 Å². The zero-order valence-corrected chi connectivity index (χ0v) is 21.7. The Balaban J connectivity index is 1.29. The Morgan fingerprint density at radius 2 is 1.74 bits per heavy atom. The molecule has 1 amide bonds. The van der Waals surface area contributed by atoms with Crippen LogP contribution >= 0.6 is 15.9 Å². The zero-order valence-electron chi connectivity index (χ0n) is 20.1. The number of carbonyl (C=O) groups excluding carboxylic acids is 1. The summed E-state index contributed by atoms with van der Waals surface area (Å²) in [6.45, 7) is 0. The summed E-state index contributed by atoms with van der Waals surface area (Å²) in [6, 6.07) is 23.2. The number of ether oxygens (including phenoxy) is 1. The fourth-order valence-electron chi connectivity index (χ4n) is 4.32. The third-order valence-corrected chi connectivity index (χ3v) is 6.63. The van der Waals surface area contributed by atoms with Crippen molar-refractivity contribution in [2.24, 2.45) is 7.05 Å². The van der Waals surface area contributed by atoms with Crippen LogP contribution in [-0.2, 0) is 7.05 Å². The number of fused-ring (bicyclic) bond motifs is 2. The lowest BCUT2D eigenvalue weighted by molar-refractivity contribution is 0.102. The van der Waals surface area contributed by atoms with E-state index in [9.17, 15) is 9.59 Å². The summed E-state index contributed by atoms with van der Waals surface area (Å²) in [5.74, 6) is 0.775. The number of nitrogens with zero attached hydrogens (tertiary/aromatic N) is 4. The third-order valence-electron chi connectivity index (χ3n) is 6.14. The third kappa shape index (κ3) is 4.33. The quantitative estimate of drug-likeness (QED) is 0.273. The maximum absolute atomic E-state index is 13.5. The zero-order chi connectivity index (χ0) is 26.2. The first kappa shape index (κ1) is 23.6. The van der Waals surface area contributed by atoms with E-state index < -0.39 is 11.5 Å². The molecule has 9 heteroatoms. The first-order valence-electron chi connectivity index (χ1n) is 11.7. The van der Waals surface area contributed by atoms with E-state index in [-0.39, 0.29) is 5.56 Å². The lowest BCUT2D eigenvalue weighted by Crippen LogP contribution is -2.29. The number of halogens is 1. The predicted octanol–water partition coefficient (Wildman–Crippen LogP) is 6.08. The van der Waals surface area contributed by atoms with Gasteiger partial charge in [0, 0.05) is 41.2 Å². The molecule has 0 bridgehead atoms. The minimum absolute atomic E-state index is 0.00839. The van der Waals surface area contributed by atoms with E-state index >= 15 is 0 Å². The van der Waals surface area contributed by atoms with Crippen LogP contribution in [0.3, 0.4) is 0 Å². The van der Waals surface area contributed by atoms with Crippen molar-refractivity contribution in [1.29, 1.82) is 0 Å². The number of aryl methyl sites for hydroxylation is 1. The summed E-state index contributed by atoms with van der Waals surface area (Å²) in [6.07, 6.45) is 5.25. The molecule has 1 N–H and O–H groups in total. The fourth-order valence-corrected chi connectivity index (χ4v) is 4.71. The highest BCUT2D eigenvalue weighted by atomic mass is 79.9. The van der Waals surface area contributed by atoms with Crippen LogP contribution in [0.2, 0.25) is 0 Å². The number of aromatic nitrogens is 4. The van der Waals surface area contributed by atoms with Crippen molar-refractivity contribution in [1.82, 2.24) is 19.1 Å². The number of rotatable bonds is 5. The molecule has 0 aliphatic heterocycles. The predicted molar refractivity (Wildman–Crippen MR) is 150 cm³/mol. The Morgan fingerprint density at radius 3 is 2.55 bits per heavy atom. The van der Waals surface area contributed by atoms with Crippen molar-refractivity contribution >= 4 is 49.6 Å². The summed E-state index contributed by atoms with van der Waals surface area (Å²) in [5, 5.41) is 4.40. The molecule has 4 aromatic heterocycles. The van der Waals surface area contributed by atoms with Gasteiger partial charge in [0.15, 0.2) is 0 Å². The molecule has 4 heterocycles. The Bertz CT molecular complexity index is 1890. The van der Waals surface area contributed by atoms with Gasteiger partial charge in [0.05, 0.1) is 11.1 Å². The smallest absolute Gasteiger partial charge is 0.269 e. The molecule has 2 aromatic carbocycles. The first-order valence-corrected chi connectivity index (χ1v) is 12.5. The van der Waals surface area contributed by atoms with Crippen LogP contribution in [0.25, 0.3) is 27.8 Å². The van der Waals surface area contributed by atoms with Crippen molar-refractivity contribution in [2.45, 2.75) is 0 Å². The average molecular weight is 566 g/mol. The molecule has 0 atom stereocenters. The summed E-state index contributed by atoms with van der Waals surface area (Å²) in [4.78, 5) is 35.5. The van der Waals surface area contributed by atoms with E-state index in [2.05, 4.69) is 31.2 Å². The van der Waals surface area contributed by atoms with Crippen molar-refractivity contribution in [3.8, 4) is 17.2 Å². The molecule has 186 valence electrons. The summed E-state index contributed by atoms with van der Waals surface area (Å²) in [7, 11) is 1.93. The van der Waals surface area contributed by atoms with Gasteiger partial charge in [-0.05, 0) is 72.8 Å². The normalized spacial score (nSPS) is 11.1. The van der Waals surface area contributed by atoms with Crippen molar-refractivity contribution in [2.75, 3.05) is 5.32 Å². The molecule has 6 rings (SSSR count). The highest BCUT2D eigenvalue weighted by Gasteiger charge is 2.18. The van der Waals surface area contributed by atoms with Crippen LogP contribution in [0.5, 0.6) is 11.5 Å². The van der Waals surface area contributed by atoms with Crippen LogP contribution in [-0.4, -0.2) is 25.0 Å². The molecule has 38 heavy (non-hydrogen) atoms. The Hall–Kier alpha value is -4.76. The maximum atomic E-state index is 13.5. The number of hydrogen-bond acceptors (Lipinski definition) is 5. The highest BCUT2D eigenvalue weighted by molar-refractivity contribution is 9.10. The van der Waals surface area contributed by atoms with Crippen molar-refractivity contribution in [3.05, 3.63) is 118 Å². The van der Waals surface area contributed by atoms with E-state index in [1.165, 1.54) is 4.57 Å². The molecule has 6 aromatic rings. The monoisotopic (exact) mass is 565 g/mol. The number of pyridine rings is 3. The SMILES string of the molecule is Cn1ccc2c(Oc3ccc(NC(=O)c4cc5cccnc5n(-c5cccc(Br)c5)c4=O)cc3)ccnc21. The molecule has 0 unspecified atom stereocenters. The van der Waals surface area contributed by atoms with E-state index in [1.54, 1.807) is 54.9 Å². The molecule has 0 aliphatic rings. The van der Waals surface area contributed by atoms with Gasteiger partial charge in [-0.2, -0.15) is 0 Å². The van der Waals surface area contributed by atoms with Gasteiger partial charge in [0.2, 0.25) is 0 Å². The number of nitrogens with one attached hydrogen (secondary N) is 1. The van der Waals surface area contributed by atoms with Gasteiger partial charge < -0.3 is 14.6 Å². The van der Waals surface area contributed by atoms with Crippen LogP contribution in [0, 0.1) is 0 Å². The summed E-state index contributed by atoms with van der Waals surface area (Å²) >= 11 is 3.45. The van der Waals surface area contributed by atoms with Gasteiger partial charge in [0.1, 0.15) is 28.4 Å². The molecule has 0 saturated carbocycles. The molecule has 0 radical (unpaired) electrons. The first-order chi connectivity index (χ1) is 18.5. The van der Waals surface area contributed by atoms with Gasteiger partial charge in [-0.1, -0.05) is 22.0 Å². The van der Waals surface area contributed by atoms with Crippen LogP contribution in [0.1, 0.15) is 10.4 Å². The van der Waals surface area contributed by atoms with Gasteiger partial charge in [-0.3, -0.25) is 14.2 Å². The summed E-state index contributed by atoms with van der Waals surface area (Å²) < 4.78 is 10.2. The van der Waals surface area contributed by atoms with E-state index in [4.69, 9.17) is 4.74 Å². The maximum Gasteiger partial charge on any atom is 0.269 e. The second kappa shape index (κ2) is 9.60. The topological polar surface area (TPSA) is 91.0 Å². The average Bonchev–Trinajstić information content (AvgIpc) is 3.31. The Morgan fingerprint density at radius 1 is 0.921 bits per heavy atom. The van der Waals surface area contributed by atoms with Gasteiger partial charge in [-0.15, -0.1) is 0 Å². The van der Waals surface area contributed by atoms with Crippen molar-refractivity contribution < 1.29 is 9.53 Å². The Labute approximate surface area is 225 Å². The number of hydrogen-bond donors (Lipinski definition) is 1. The molecule has 0 fully saturated rings. The van der Waals surface area contributed by atoms with E-state index in [0.717, 1.165) is 15.5 Å².